The quantitative estimate of drug-likeness (QED) is 0.789. The molecule has 2 atom stereocenters. The van der Waals surface area contributed by atoms with Crippen molar-refractivity contribution in [3.8, 4) is 0 Å². The van der Waals surface area contributed by atoms with Gasteiger partial charge in [0, 0.05) is 13.5 Å². The van der Waals surface area contributed by atoms with E-state index in [-0.39, 0.29) is 6.54 Å². The number of alkyl halides is 3. The van der Waals surface area contributed by atoms with Crippen molar-refractivity contribution in [2.45, 2.75) is 38.1 Å². The molecule has 1 heterocycles. The van der Waals surface area contributed by atoms with E-state index in [0.29, 0.717) is 18.4 Å². The van der Waals surface area contributed by atoms with E-state index < -0.39 is 30.2 Å². The molecule has 1 fully saturated rings. The van der Waals surface area contributed by atoms with Gasteiger partial charge in [0.25, 0.3) is 0 Å². The molecule has 0 bridgehead atoms. The van der Waals surface area contributed by atoms with Crippen LogP contribution >= 0.6 is 0 Å². The van der Waals surface area contributed by atoms with Gasteiger partial charge in [0.15, 0.2) is 0 Å². The van der Waals surface area contributed by atoms with E-state index >= 15 is 0 Å². The van der Waals surface area contributed by atoms with Crippen LogP contribution in [0, 0.1) is 0 Å². The summed E-state index contributed by atoms with van der Waals surface area (Å²) in [5.74, 6) is -2.48. The maximum Gasteiger partial charge on any atom is 0.471 e. The van der Waals surface area contributed by atoms with Gasteiger partial charge >= 0.3 is 18.1 Å². The number of carbonyl (C=O) groups is 2. The normalized spacial score (nSPS) is 22.3. The molecule has 0 unspecified atom stereocenters. The number of hydrogen-bond donors (Lipinski definition) is 0. The van der Waals surface area contributed by atoms with Crippen molar-refractivity contribution in [3.63, 3.8) is 0 Å². The van der Waals surface area contributed by atoms with Crippen LogP contribution in [0.3, 0.4) is 0 Å². The van der Waals surface area contributed by atoms with Gasteiger partial charge in [0.1, 0.15) is 6.10 Å². The minimum Gasteiger partial charge on any atom is -0.460 e. The zero-order valence-corrected chi connectivity index (χ0v) is 12.0. The number of nitrogens with zero attached hydrogens (tertiary/aromatic N) is 1. The predicted molar refractivity (Wildman–Crippen MR) is 71.7 cm³/mol. The number of esters is 1. The molecule has 0 spiro atoms. The summed E-state index contributed by atoms with van der Waals surface area (Å²) in [6.07, 6.45) is -4.96. The third kappa shape index (κ3) is 3.58. The van der Waals surface area contributed by atoms with Crippen molar-refractivity contribution < 1.29 is 27.5 Å². The molecule has 120 valence electrons. The molecule has 4 nitrogen and oxygen atoms in total. The van der Waals surface area contributed by atoms with Gasteiger partial charge in [-0.25, -0.2) is 0 Å². The molecule has 0 N–H and O–H groups in total. The molecule has 22 heavy (non-hydrogen) atoms. The minimum absolute atomic E-state index is 0.0182. The van der Waals surface area contributed by atoms with Gasteiger partial charge in [0.2, 0.25) is 0 Å². The van der Waals surface area contributed by atoms with Crippen molar-refractivity contribution in [2.75, 3.05) is 6.54 Å². The first-order chi connectivity index (χ1) is 10.3. The lowest BCUT2D eigenvalue weighted by atomic mass is 9.92. The maximum atomic E-state index is 12.8. The summed E-state index contributed by atoms with van der Waals surface area (Å²) in [6.45, 7) is 1.18. The second-order valence-electron chi connectivity index (χ2n) is 5.14. The largest absolute Gasteiger partial charge is 0.471 e. The minimum atomic E-state index is -4.95. The third-order valence-corrected chi connectivity index (χ3v) is 3.54. The van der Waals surface area contributed by atoms with Crippen molar-refractivity contribution in [3.05, 3.63) is 35.9 Å². The van der Waals surface area contributed by atoms with Crippen LogP contribution < -0.4 is 0 Å². The number of likely N-dealkylation sites (tertiary alicyclic amines) is 1. The molecule has 2 rings (SSSR count). The molecule has 1 saturated heterocycles. The Labute approximate surface area is 125 Å². The number of amides is 1. The lowest BCUT2D eigenvalue weighted by molar-refractivity contribution is -0.194. The number of carbonyl (C=O) groups excluding carboxylic acids is 2. The van der Waals surface area contributed by atoms with Crippen LogP contribution in [0.2, 0.25) is 0 Å². The van der Waals surface area contributed by atoms with Crippen LogP contribution in [0.25, 0.3) is 0 Å². The molecular formula is C15H16F3NO3. The van der Waals surface area contributed by atoms with Crippen LogP contribution in [-0.2, 0) is 14.3 Å². The number of ether oxygens (including phenoxy) is 1. The highest BCUT2D eigenvalue weighted by Gasteiger charge is 2.48. The Kier molecular flexibility index (Phi) is 4.73. The fourth-order valence-electron chi connectivity index (χ4n) is 2.73. The zero-order chi connectivity index (χ0) is 16.3. The number of benzene rings is 1. The highest BCUT2D eigenvalue weighted by molar-refractivity contribution is 5.82. The Bertz CT molecular complexity index is 545. The standard InChI is InChI=1S/C15H16F3NO3/c1-10(20)22-12-8-5-9-19(14(21)15(16,17)18)13(12)11-6-3-2-4-7-11/h2-4,6-7,12-13H,5,8-9H2,1H3/t12-,13+/m1/s1. The van der Waals surface area contributed by atoms with Crippen molar-refractivity contribution in [1.29, 1.82) is 0 Å². The fraction of sp³-hybridized carbons (Fsp3) is 0.467. The first kappa shape index (κ1) is 16.3. The summed E-state index contributed by atoms with van der Waals surface area (Å²) < 4.78 is 43.6. The van der Waals surface area contributed by atoms with E-state index in [1.54, 1.807) is 30.3 Å². The summed E-state index contributed by atoms with van der Waals surface area (Å²) in [5, 5.41) is 0. The molecule has 1 aliphatic rings. The Morgan fingerprint density at radius 2 is 1.86 bits per heavy atom. The Hall–Kier alpha value is -2.05. The molecule has 0 radical (unpaired) electrons. The van der Waals surface area contributed by atoms with Gasteiger partial charge in [-0.1, -0.05) is 30.3 Å². The molecule has 1 amide bonds. The van der Waals surface area contributed by atoms with Gasteiger partial charge in [-0.2, -0.15) is 13.2 Å². The average Bonchev–Trinajstić information content (AvgIpc) is 2.45. The van der Waals surface area contributed by atoms with E-state index in [4.69, 9.17) is 4.74 Å². The highest BCUT2D eigenvalue weighted by Crippen LogP contribution is 2.36. The molecule has 1 aromatic rings. The monoisotopic (exact) mass is 315 g/mol. The molecule has 0 saturated carbocycles. The van der Waals surface area contributed by atoms with Crippen LogP contribution in [0.4, 0.5) is 13.2 Å². The van der Waals surface area contributed by atoms with Crippen LogP contribution in [0.5, 0.6) is 0 Å². The van der Waals surface area contributed by atoms with Crippen molar-refractivity contribution in [1.82, 2.24) is 4.90 Å². The van der Waals surface area contributed by atoms with Crippen LogP contribution in [-0.4, -0.2) is 35.6 Å². The second-order valence-corrected chi connectivity index (χ2v) is 5.14. The van der Waals surface area contributed by atoms with E-state index in [2.05, 4.69) is 0 Å². The number of rotatable bonds is 2. The Morgan fingerprint density at radius 3 is 2.41 bits per heavy atom. The summed E-state index contributed by atoms with van der Waals surface area (Å²) in [5.41, 5.74) is 0.519. The van der Waals surface area contributed by atoms with E-state index in [9.17, 15) is 22.8 Å². The predicted octanol–water partition coefficient (Wildman–Crippen LogP) is 2.84. The summed E-state index contributed by atoms with van der Waals surface area (Å²) in [7, 11) is 0. The first-order valence-electron chi connectivity index (χ1n) is 6.90. The molecular weight excluding hydrogens is 299 g/mol. The smallest absolute Gasteiger partial charge is 0.460 e. The van der Waals surface area contributed by atoms with Gasteiger partial charge in [0.05, 0.1) is 6.04 Å². The van der Waals surface area contributed by atoms with Crippen molar-refractivity contribution in [2.24, 2.45) is 0 Å². The van der Waals surface area contributed by atoms with Gasteiger partial charge < -0.3 is 9.64 Å². The lowest BCUT2D eigenvalue weighted by Crippen LogP contribution is -2.50. The molecule has 0 aromatic heterocycles. The Morgan fingerprint density at radius 1 is 1.23 bits per heavy atom. The number of halogens is 3. The summed E-state index contributed by atoms with van der Waals surface area (Å²) in [4.78, 5) is 23.7. The van der Waals surface area contributed by atoms with E-state index in [1.165, 1.54) is 6.92 Å². The fourth-order valence-corrected chi connectivity index (χ4v) is 2.73. The number of piperidine rings is 1. The highest BCUT2D eigenvalue weighted by atomic mass is 19.4. The topological polar surface area (TPSA) is 46.6 Å². The lowest BCUT2D eigenvalue weighted by Gasteiger charge is -2.41. The first-order valence-corrected chi connectivity index (χ1v) is 6.90. The summed E-state index contributed by atoms with van der Waals surface area (Å²) >= 11 is 0. The second kappa shape index (κ2) is 6.37. The third-order valence-electron chi connectivity index (χ3n) is 3.54. The molecule has 0 aliphatic carbocycles. The van der Waals surface area contributed by atoms with E-state index in [1.807, 2.05) is 0 Å². The SMILES string of the molecule is CC(=O)O[C@@H]1CCCN(C(=O)C(F)(F)F)[C@H]1c1ccccc1. The molecule has 1 aliphatic heterocycles. The van der Waals surface area contributed by atoms with Gasteiger partial charge in [-0.05, 0) is 18.4 Å². The van der Waals surface area contributed by atoms with Crippen LogP contribution in [0.1, 0.15) is 31.4 Å². The zero-order valence-electron chi connectivity index (χ0n) is 12.0. The van der Waals surface area contributed by atoms with Crippen LogP contribution in [0.15, 0.2) is 30.3 Å². The van der Waals surface area contributed by atoms with Crippen molar-refractivity contribution >= 4 is 11.9 Å². The van der Waals surface area contributed by atoms with E-state index in [0.717, 1.165) is 4.90 Å². The van der Waals surface area contributed by atoms with Gasteiger partial charge in [-0.3, -0.25) is 9.59 Å². The van der Waals surface area contributed by atoms with Gasteiger partial charge in [-0.15, -0.1) is 0 Å². The average molecular weight is 315 g/mol. The summed E-state index contributed by atoms with van der Waals surface area (Å²) in [6, 6.07) is 7.40. The molecule has 1 aromatic carbocycles. The Balaban J connectivity index is 2.38. The number of hydrogen-bond acceptors (Lipinski definition) is 3. The maximum absolute atomic E-state index is 12.8. The molecule has 7 heteroatoms.